The van der Waals surface area contributed by atoms with Crippen LogP contribution >= 0.6 is 0 Å². The van der Waals surface area contributed by atoms with Gasteiger partial charge >= 0.3 is 0 Å². The molecule has 0 saturated carbocycles. The van der Waals surface area contributed by atoms with E-state index >= 15 is 0 Å². The highest BCUT2D eigenvalue weighted by atomic mass is 19.1. The molecule has 1 N–H and O–H groups in total. The highest BCUT2D eigenvalue weighted by molar-refractivity contribution is 6.07. The number of nitrogens with zero attached hydrogens (tertiary/aromatic N) is 2. The molecule has 1 spiro atoms. The van der Waals surface area contributed by atoms with Gasteiger partial charge in [-0.1, -0.05) is 12.1 Å². The fourth-order valence-electron chi connectivity index (χ4n) is 3.37. The lowest BCUT2D eigenvalue weighted by atomic mass is 9.90. The molecular formula is C17H14FN3O2. The molecule has 0 aliphatic carbocycles. The van der Waals surface area contributed by atoms with Crippen molar-refractivity contribution in [1.82, 2.24) is 15.2 Å². The van der Waals surface area contributed by atoms with Crippen molar-refractivity contribution < 1.29 is 14.0 Å². The molecule has 116 valence electrons. The maximum Gasteiger partial charge on any atom is 0.253 e. The summed E-state index contributed by atoms with van der Waals surface area (Å²) in [6, 6.07) is 7.71. The molecule has 0 radical (unpaired) electrons. The Kier molecular flexibility index (Phi) is 2.94. The van der Waals surface area contributed by atoms with Crippen LogP contribution in [-0.4, -0.2) is 28.2 Å². The quantitative estimate of drug-likeness (QED) is 0.916. The molecule has 2 aliphatic rings. The maximum absolute atomic E-state index is 13.0. The normalized spacial score (nSPS) is 22.6. The standard InChI is InChI=1S/C17H14FN3O2/c18-12-3-1-11(2-4-12)10-21-8-6-17(16(21)23)14-9-19-7-5-13(14)15(22)20-17/h1-5,7,9H,6,8,10H2,(H,20,22). The van der Waals surface area contributed by atoms with Crippen molar-refractivity contribution in [3.05, 3.63) is 65.2 Å². The van der Waals surface area contributed by atoms with E-state index in [4.69, 9.17) is 0 Å². The lowest BCUT2D eigenvalue weighted by molar-refractivity contribution is -0.133. The number of carbonyl (C=O) groups is 2. The van der Waals surface area contributed by atoms with Crippen molar-refractivity contribution in [1.29, 1.82) is 0 Å². The molecule has 23 heavy (non-hydrogen) atoms. The van der Waals surface area contributed by atoms with E-state index < -0.39 is 5.54 Å². The molecule has 6 heteroatoms. The molecule has 1 aromatic carbocycles. The van der Waals surface area contributed by atoms with E-state index in [0.717, 1.165) is 5.56 Å². The molecule has 1 saturated heterocycles. The number of likely N-dealkylation sites (tertiary alicyclic amines) is 1. The first-order chi connectivity index (χ1) is 11.1. The van der Waals surface area contributed by atoms with Crippen LogP contribution in [0.3, 0.4) is 0 Å². The average Bonchev–Trinajstić information content (AvgIpc) is 3.03. The number of amides is 2. The van der Waals surface area contributed by atoms with Crippen LogP contribution in [-0.2, 0) is 16.9 Å². The van der Waals surface area contributed by atoms with Gasteiger partial charge in [-0.2, -0.15) is 0 Å². The van der Waals surface area contributed by atoms with E-state index in [-0.39, 0.29) is 17.6 Å². The summed E-state index contributed by atoms with van der Waals surface area (Å²) in [6.45, 7) is 0.928. The third-order valence-electron chi connectivity index (χ3n) is 4.55. The molecule has 5 nitrogen and oxygen atoms in total. The Balaban J connectivity index is 1.63. The van der Waals surface area contributed by atoms with Gasteiger partial charge in [0.15, 0.2) is 0 Å². The largest absolute Gasteiger partial charge is 0.336 e. The lowest BCUT2D eigenvalue weighted by Crippen LogP contribution is -2.46. The number of nitrogens with one attached hydrogen (secondary N) is 1. The van der Waals surface area contributed by atoms with Gasteiger partial charge in [-0.3, -0.25) is 14.6 Å². The van der Waals surface area contributed by atoms with Gasteiger partial charge in [0.2, 0.25) is 0 Å². The van der Waals surface area contributed by atoms with E-state index in [2.05, 4.69) is 10.3 Å². The zero-order valence-electron chi connectivity index (χ0n) is 12.3. The van der Waals surface area contributed by atoms with Gasteiger partial charge in [0.25, 0.3) is 11.8 Å². The Morgan fingerprint density at radius 3 is 2.78 bits per heavy atom. The molecule has 2 aromatic rings. The van der Waals surface area contributed by atoms with E-state index in [1.165, 1.54) is 12.1 Å². The Morgan fingerprint density at radius 1 is 1.22 bits per heavy atom. The van der Waals surface area contributed by atoms with Crippen molar-refractivity contribution in [2.24, 2.45) is 0 Å². The number of carbonyl (C=O) groups excluding carboxylic acids is 2. The van der Waals surface area contributed by atoms with Crippen LogP contribution in [0.25, 0.3) is 0 Å². The average molecular weight is 311 g/mol. The predicted octanol–water partition coefficient (Wildman–Crippen LogP) is 1.59. The number of hydrogen-bond donors (Lipinski definition) is 1. The van der Waals surface area contributed by atoms with Gasteiger partial charge in [-0.25, -0.2) is 4.39 Å². The van der Waals surface area contributed by atoms with E-state index in [9.17, 15) is 14.0 Å². The van der Waals surface area contributed by atoms with Crippen molar-refractivity contribution in [2.75, 3.05) is 6.54 Å². The van der Waals surface area contributed by atoms with Crippen molar-refractivity contribution in [3.8, 4) is 0 Å². The minimum atomic E-state index is -0.999. The van der Waals surface area contributed by atoms with Crippen LogP contribution < -0.4 is 5.32 Å². The van der Waals surface area contributed by atoms with E-state index in [1.54, 1.807) is 35.5 Å². The molecule has 3 heterocycles. The fraction of sp³-hybridized carbons (Fsp3) is 0.235. The molecule has 0 bridgehead atoms. The second-order valence-corrected chi connectivity index (χ2v) is 5.88. The molecular weight excluding hydrogens is 297 g/mol. The van der Waals surface area contributed by atoms with Crippen molar-refractivity contribution >= 4 is 11.8 Å². The minimum Gasteiger partial charge on any atom is -0.336 e. The number of benzene rings is 1. The lowest BCUT2D eigenvalue weighted by Gasteiger charge is -2.24. The number of hydrogen-bond acceptors (Lipinski definition) is 3. The maximum atomic E-state index is 13.0. The van der Waals surface area contributed by atoms with Crippen LogP contribution in [0, 0.1) is 5.82 Å². The molecule has 1 aromatic heterocycles. The Bertz CT molecular complexity index is 806. The zero-order chi connectivity index (χ0) is 16.0. The SMILES string of the molecule is O=C1NC2(CCN(Cc3ccc(F)cc3)C2=O)c2cnccc21. The Labute approximate surface area is 132 Å². The summed E-state index contributed by atoms with van der Waals surface area (Å²) < 4.78 is 13.0. The summed E-state index contributed by atoms with van der Waals surface area (Å²) in [7, 11) is 0. The number of aromatic nitrogens is 1. The molecule has 1 fully saturated rings. The van der Waals surface area contributed by atoms with E-state index in [1.807, 2.05) is 0 Å². The monoisotopic (exact) mass is 311 g/mol. The minimum absolute atomic E-state index is 0.137. The van der Waals surface area contributed by atoms with Gasteiger partial charge in [0.05, 0.1) is 0 Å². The van der Waals surface area contributed by atoms with Crippen LogP contribution in [0.5, 0.6) is 0 Å². The number of halogens is 1. The van der Waals surface area contributed by atoms with Gasteiger partial charge in [0, 0.05) is 43.0 Å². The third kappa shape index (κ3) is 2.02. The summed E-state index contributed by atoms with van der Waals surface area (Å²) in [4.78, 5) is 30.8. The molecule has 1 unspecified atom stereocenters. The third-order valence-corrected chi connectivity index (χ3v) is 4.55. The number of pyridine rings is 1. The first kappa shape index (κ1) is 13.9. The summed E-state index contributed by atoms with van der Waals surface area (Å²) in [5.74, 6) is -0.678. The Morgan fingerprint density at radius 2 is 2.00 bits per heavy atom. The zero-order valence-corrected chi connectivity index (χ0v) is 12.3. The van der Waals surface area contributed by atoms with Crippen molar-refractivity contribution in [2.45, 2.75) is 18.5 Å². The van der Waals surface area contributed by atoms with Gasteiger partial charge in [0.1, 0.15) is 11.4 Å². The van der Waals surface area contributed by atoms with Crippen LogP contribution in [0.1, 0.15) is 27.9 Å². The van der Waals surface area contributed by atoms with Crippen LogP contribution in [0.15, 0.2) is 42.7 Å². The predicted molar refractivity (Wildman–Crippen MR) is 79.8 cm³/mol. The second-order valence-electron chi connectivity index (χ2n) is 5.88. The van der Waals surface area contributed by atoms with Gasteiger partial charge < -0.3 is 10.2 Å². The van der Waals surface area contributed by atoms with Gasteiger partial charge in [-0.15, -0.1) is 0 Å². The van der Waals surface area contributed by atoms with Gasteiger partial charge in [-0.05, 0) is 23.8 Å². The molecule has 2 amide bonds. The summed E-state index contributed by atoms with van der Waals surface area (Å²) >= 11 is 0. The fourth-order valence-corrected chi connectivity index (χ4v) is 3.37. The highest BCUT2D eigenvalue weighted by Crippen LogP contribution is 2.39. The molecule has 4 rings (SSSR count). The topological polar surface area (TPSA) is 62.3 Å². The molecule has 2 aliphatic heterocycles. The highest BCUT2D eigenvalue weighted by Gasteiger charge is 2.54. The summed E-state index contributed by atoms with van der Waals surface area (Å²) in [5, 5.41) is 2.84. The van der Waals surface area contributed by atoms with Crippen LogP contribution in [0.4, 0.5) is 4.39 Å². The van der Waals surface area contributed by atoms with Crippen molar-refractivity contribution in [3.63, 3.8) is 0 Å². The first-order valence-corrected chi connectivity index (χ1v) is 7.41. The summed E-state index contributed by atoms with van der Waals surface area (Å²) in [5.41, 5.74) is 1.02. The Hall–Kier alpha value is -2.76. The van der Waals surface area contributed by atoms with Crippen LogP contribution in [0.2, 0.25) is 0 Å². The number of rotatable bonds is 2. The number of fused-ring (bicyclic) bond motifs is 2. The smallest absolute Gasteiger partial charge is 0.253 e. The second kappa shape index (κ2) is 4.87. The van der Waals surface area contributed by atoms with E-state index in [0.29, 0.717) is 30.6 Å². The molecule has 1 atom stereocenters. The first-order valence-electron chi connectivity index (χ1n) is 7.41. The summed E-state index contributed by atoms with van der Waals surface area (Å²) in [6.07, 6.45) is 3.65.